The fourth-order valence-corrected chi connectivity index (χ4v) is 5.84. The summed E-state index contributed by atoms with van der Waals surface area (Å²) in [5, 5.41) is 6.40. The van der Waals surface area contributed by atoms with E-state index >= 15 is 0 Å². The number of nitrogens with one attached hydrogen (secondary N) is 1. The highest BCUT2D eigenvalue weighted by molar-refractivity contribution is 8.13. The van der Waals surface area contributed by atoms with Crippen LogP contribution in [-0.2, 0) is 17.1 Å². The Bertz CT molecular complexity index is 936. The van der Waals surface area contributed by atoms with E-state index in [1.807, 2.05) is 35.2 Å². The zero-order valence-electron chi connectivity index (χ0n) is 16.7. The molecule has 0 bridgehead atoms. The molecule has 2 aliphatic heterocycles. The lowest BCUT2D eigenvalue weighted by molar-refractivity contribution is -0.156. The van der Waals surface area contributed by atoms with Crippen LogP contribution in [0.4, 0.5) is 0 Å². The lowest BCUT2D eigenvalue weighted by atomic mass is 9.81. The molecule has 2 fully saturated rings. The first kappa shape index (κ1) is 19.8. The summed E-state index contributed by atoms with van der Waals surface area (Å²) in [6.07, 6.45) is 4.11. The highest BCUT2D eigenvalue weighted by Gasteiger charge is 2.50. The number of thioether (sulfide) groups is 1. The standard InChI is InChI=1S/C23H25ClN4OS/c24-18-12-10-17(11-13-18)15-30-23-26-25-22-27(14-16-6-2-1-3-7-16)21(29)19-8-4-5-9-20(19)28(22)23/h1-3,6-7,10-13,19-20,22,25H,4-5,8-9,14-15H2. The van der Waals surface area contributed by atoms with Crippen LogP contribution in [0.5, 0.6) is 0 Å². The molecule has 1 saturated carbocycles. The van der Waals surface area contributed by atoms with Crippen LogP contribution >= 0.6 is 23.4 Å². The lowest BCUT2D eigenvalue weighted by Crippen LogP contribution is -2.66. The Morgan fingerprint density at radius 3 is 2.60 bits per heavy atom. The number of hydrogen-bond donors (Lipinski definition) is 1. The minimum Gasteiger partial charge on any atom is -0.307 e. The number of hydrogen-bond acceptors (Lipinski definition) is 5. The number of amidine groups is 1. The number of carbonyl (C=O) groups excluding carboxylic acids is 1. The molecule has 0 spiro atoms. The van der Waals surface area contributed by atoms with Crippen molar-refractivity contribution in [2.24, 2.45) is 11.0 Å². The summed E-state index contributed by atoms with van der Waals surface area (Å²) in [5.41, 5.74) is 5.62. The predicted molar refractivity (Wildman–Crippen MR) is 122 cm³/mol. The van der Waals surface area contributed by atoms with E-state index in [0.717, 1.165) is 40.8 Å². The first-order valence-corrected chi connectivity index (χ1v) is 11.9. The first-order chi connectivity index (χ1) is 14.7. The van der Waals surface area contributed by atoms with Gasteiger partial charge in [-0.3, -0.25) is 15.1 Å². The third-order valence-electron chi connectivity index (χ3n) is 6.22. The van der Waals surface area contributed by atoms with Crippen LogP contribution < -0.4 is 5.43 Å². The third-order valence-corrected chi connectivity index (χ3v) is 7.51. The second kappa shape index (κ2) is 8.52. The van der Waals surface area contributed by atoms with E-state index in [0.29, 0.717) is 6.54 Å². The van der Waals surface area contributed by atoms with Crippen LogP contribution in [0.25, 0.3) is 0 Å². The summed E-state index contributed by atoms with van der Waals surface area (Å²) in [7, 11) is 0. The van der Waals surface area contributed by atoms with Gasteiger partial charge in [-0.2, -0.15) is 5.10 Å². The minimum absolute atomic E-state index is 0.0555. The van der Waals surface area contributed by atoms with Crippen LogP contribution in [0.1, 0.15) is 36.8 Å². The first-order valence-electron chi connectivity index (χ1n) is 10.5. The molecule has 3 unspecified atom stereocenters. The van der Waals surface area contributed by atoms with Crippen molar-refractivity contribution in [1.29, 1.82) is 0 Å². The van der Waals surface area contributed by atoms with Crippen molar-refractivity contribution in [3.8, 4) is 0 Å². The molecular weight excluding hydrogens is 416 g/mol. The van der Waals surface area contributed by atoms with Gasteiger partial charge in [-0.25, -0.2) is 0 Å². The molecule has 3 atom stereocenters. The van der Waals surface area contributed by atoms with Gasteiger partial charge >= 0.3 is 0 Å². The number of benzene rings is 2. The van der Waals surface area contributed by atoms with E-state index in [1.165, 1.54) is 12.0 Å². The van der Waals surface area contributed by atoms with E-state index in [2.05, 4.69) is 39.7 Å². The molecule has 3 aliphatic rings. The van der Waals surface area contributed by atoms with Gasteiger partial charge in [-0.05, 0) is 36.1 Å². The van der Waals surface area contributed by atoms with Gasteiger partial charge in [0.15, 0.2) is 11.5 Å². The Morgan fingerprint density at radius 2 is 1.80 bits per heavy atom. The molecule has 1 saturated heterocycles. The summed E-state index contributed by atoms with van der Waals surface area (Å²) in [6, 6.07) is 18.4. The summed E-state index contributed by atoms with van der Waals surface area (Å²) in [6.45, 7) is 0.599. The summed E-state index contributed by atoms with van der Waals surface area (Å²) >= 11 is 7.74. The van der Waals surface area contributed by atoms with E-state index in [1.54, 1.807) is 11.8 Å². The highest BCUT2D eigenvalue weighted by Crippen LogP contribution is 2.39. The summed E-state index contributed by atoms with van der Waals surface area (Å²) in [5.74, 6) is 1.14. The van der Waals surface area contributed by atoms with Crippen molar-refractivity contribution in [2.75, 3.05) is 0 Å². The molecule has 1 N–H and O–H groups in total. The van der Waals surface area contributed by atoms with Crippen molar-refractivity contribution in [3.63, 3.8) is 0 Å². The van der Waals surface area contributed by atoms with Gasteiger partial charge in [0.25, 0.3) is 0 Å². The Balaban J connectivity index is 1.37. The van der Waals surface area contributed by atoms with Crippen molar-refractivity contribution < 1.29 is 4.79 Å². The predicted octanol–water partition coefficient (Wildman–Crippen LogP) is 4.63. The molecule has 1 amide bonds. The SMILES string of the molecule is O=C1C2CCCCC2N2C(SCc3ccc(Cl)cc3)=NNC2N1Cc1ccccc1. The Morgan fingerprint density at radius 1 is 1.03 bits per heavy atom. The van der Waals surface area contributed by atoms with Gasteiger partial charge in [0.1, 0.15) is 0 Å². The fraction of sp³-hybridized carbons (Fsp3) is 0.391. The number of carbonyl (C=O) groups is 1. The second-order valence-corrected chi connectivity index (χ2v) is 9.51. The van der Waals surface area contributed by atoms with Gasteiger partial charge in [0.2, 0.25) is 5.91 Å². The second-order valence-electron chi connectivity index (χ2n) is 8.13. The van der Waals surface area contributed by atoms with E-state index < -0.39 is 0 Å². The molecule has 0 aromatic heterocycles. The molecule has 5 rings (SSSR count). The quantitative estimate of drug-likeness (QED) is 0.752. The smallest absolute Gasteiger partial charge is 0.231 e. The molecule has 30 heavy (non-hydrogen) atoms. The van der Waals surface area contributed by atoms with Crippen molar-refractivity contribution in [1.82, 2.24) is 15.2 Å². The van der Waals surface area contributed by atoms with E-state index in [9.17, 15) is 4.79 Å². The number of amides is 1. The molecule has 2 heterocycles. The number of hydrazone groups is 1. The normalized spacial score (nSPS) is 25.4. The number of fused-ring (bicyclic) bond motifs is 3. The summed E-state index contributed by atoms with van der Waals surface area (Å²) < 4.78 is 0. The zero-order valence-corrected chi connectivity index (χ0v) is 18.3. The Labute approximate surface area is 186 Å². The van der Waals surface area contributed by atoms with E-state index in [4.69, 9.17) is 11.6 Å². The van der Waals surface area contributed by atoms with Crippen LogP contribution in [0.15, 0.2) is 59.7 Å². The van der Waals surface area contributed by atoms with Crippen LogP contribution in [0, 0.1) is 5.92 Å². The largest absolute Gasteiger partial charge is 0.307 e. The third kappa shape index (κ3) is 3.79. The zero-order chi connectivity index (χ0) is 20.5. The summed E-state index contributed by atoms with van der Waals surface area (Å²) in [4.78, 5) is 17.8. The Kier molecular flexibility index (Phi) is 5.61. The molecule has 2 aromatic rings. The lowest BCUT2D eigenvalue weighted by Gasteiger charge is -2.50. The van der Waals surface area contributed by atoms with Crippen LogP contribution in [0.2, 0.25) is 5.02 Å². The number of rotatable bonds is 4. The topological polar surface area (TPSA) is 47.9 Å². The fourth-order valence-electron chi connectivity index (χ4n) is 4.73. The molecule has 156 valence electrons. The maximum Gasteiger partial charge on any atom is 0.231 e. The number of nitrogens with zero attached hydrogens (tertiary/aromatic N) is 3. The van der Waals surface area contributed by atoms with E-state index in [-0.39, 0.29) is 24.2 Å². The monoisotopic (exact) mass is 440 g/mol. The average Bonchev–Trinajstić information content (AvgIpc) is 3.21. The molecule has 2 aromatic carbocycles. The maximum absolute atomic E-state index is 13.4. The van der Waals surface area contributed by atoms with Crippen molar-refractivity contribution in [2.45, 2.75) is 50.3 Å². The minimum atomic E-state index is -0.204. The molecule has 7 heteroatoms. The maximum atomic E-state index is 13.4. The molecule has 0 radical (unpaired) electrons. The van der Waals surface area contributed by atoms with Crippen molar-refractivity contribution in [3.05, 3.63) is 70.7 Å². The van der Waals surface area contributed by atoms with Gasteiger partial charge in [0.05, 0.1) is 5.92 Å². The van der Waals surface area contributed by atoms with Gasteiger partial charge in [-0.15, -0.1) is 0 Å². The highest BCUT2D eigenvalue weighted by atomic mass is 35.5. The molecule has 1 aliphatic carbocycles. The average molecular weight is 441 g/mol. The Hall–Kier alpha value is -2.18. The van der Waals surface area contributed by atoms with Gasteiger partial charge in [0, 0.05) is 23.4 Å². The van der Waals surface area contributed by atoms with Crippen LogP contribution in [-0.4, -0.2) is 33.2 Å². The van der Waals surface area contributed by atoms with Gasteiger partial charge in [-0.1, -0.05) is 78.7 Å². The molecule has 5 nitrogen and oxygen atoms in total. The molecular formula is C23H25ClN4OS. The van der Waals surface area contributed by atoms with Crippen molar-refractivity contribution >= 4 is 34.4 Å². The van der Waals surface area contributed by atoms with Crippen LogP contribution in [0.3, 0.4) is 0 Å². The number of halogens is 1. The van der Waals surface area contributed by atoms with Gasteiger partial charge < -0.3 is 4.90 Å².